The number of nitrogens with one attached hydrogen (secondary N) is 1. The lowest BCUT2D eigenvalue weighted by Crippen LogP contribution is -2.31. The van der Waals surface area contributed by atoms with Crippen molar-refractivity contribution in [2.45, 2.75) is 57.9 Å². The van der Waals surface area contributed by atoms with Gasteiger partial charge in [-0.2, -0.15) is 0 Å². The molecule has 3 aromatic rings. The molecule has 0 amide bonds. The molecule has 0 bridgehead atoms. The quantitative estimate of drug-likeness (QED) is 0.686. The molecular weight excluding hydrogens is 362 g/mol. The van der Waals surface area contributed by atoms with Gasteiger partial charge >= 0.3 is 0 Å². The number of hydrogen-bond acceptors (Lipinski definition) is 6. The predicted molar refractivity (Wildman–Crippen MR) is 122 cm³/mol. The van der Waals surface area contributed by atoms with Gasteiger partial charge in [0.25, 0.3) is 0 Å². The Balaban J connectivity index is 0.000000372. The smallest absolute Gasteiger partial charge is 0.238 e. The number of nitrogens with zero attached hydrogens (tertiary/aromatic N) is 5. The number of pyridine rings is 1. The first-order valence-corrected chi connectivity index (χ1v) is 10.3. The van der Waals surface area contributed by atoms with Crippen LogP contribution >= 0.6 is 0 Å². The molecule has 1 atom stereocenters. The highest BCUT2D eigenvalue weighted by Gasteiger charge is 2.37. The molecule has 5 rings (SSSR count). The maximum atomic E-state index is 5.64. The second-order valence-corrected chi connectivity index (χ2v) is 8.04. The van der Waals surface area contributed by atoms with Gasteiger partial charge < -0.3 is 11.1 Å². The fourth-order valence-electron chi connectivity index (χ4n) is 3.82. The molecule has 1 unspecified atom stereocenters. The third kappa shape index (κ3) is 3.40. The summed E-state index contributed by atoms with van der Waals surface area (Å²) in [5.41, 5.74) is 11.5. The first-order valence-electron chi connectivity index (χ1n) is 10.3. The Labute approximate surface area is 174 Å². The molecule has 0 saturated heterocycles. The van der Waals surface area contributed by atoms with Crippen molar-refractivity contribution in [2.24, 2.45) is 4.99 Å². The zero-order chi connectivity index (χ0) is 20.6. The molecule has 156 valence electrons. The van der Waals surface area contributed by atoms with Gasteiger partial charge in [0.15, 0.2) is 0 Å². The van der Waals surface area contributed by atoms with Gasteiger partial charge in [-0.1, -0.05) is 13.3 Å². The van der Waals surface area contributed by atoms with Gasteiger partial charge in [0, 0.05) is 31.8 Å². The van der Waals surface area contributed by atoms with E-state index in [4.69, 9.17) is 10.7 Å². The molecule has 3 aromatic heterocycles. The van der Waals surface area contributed by atoms with Gasteiger partial charge in [-0.25, -0.2) is 14.5 Å². The van der Waals surface area contributed by atoms with Crippen LogP contribution in [0.5, 0.6) is 0 Å². The summed E-state index contributed by atoms with van der Waals surface area (Å²) in [4.78, 5) is 13.7. The highest BCUT2D eigenvalue weighted by atomic mass is 15.3. The topological polar surface area (TPSA) is 93.5 Å². The van der Waals surface area contributed by atoms with Crippen LogP contribution in [0.25, 0.3) is 16.8 Å². The normalized spacial score (nSPS) is 20.6. The Morgan fingerprint density at radius 3 is 2.72 bits per heavy atom. The summed E-state index contributed by atoms with van der Waals surface area (Å²) in [6.07, 6.45) is 8.81. The fraction of sp³-hybridized carbons (Fsp3) is 0.455. The van der Waals surface area contributed by atoms with Crippen molar-refractivity contribution >= 4 is 22.9 Å². The Bertz CT molecular complexity index is 1070. The molecule has 0 spiro atoms. The highest BCUT2D eigenvalue weighted by molar-refractivity contribution is 5.99. The molecule has 4 heterocycles. The fourth-order valence-corrected chi connectivity index (χ4v) is 3.82. The molecule has 1 aliphatic heterocycles. The van der Waals surface area contributed by atoms with Crippen LogP contribution in [0, 0.1) is 0 Å². The summed E-state index contributed by atoms with van der Waals surface area (Å²) in [5, 5.41) is 7.39. The van der Waals surface area contributed by atoms with Gasteiger partial charge in [0.2, 0.25) is 5.95 Å². The molecule has 1 saturated carbocycles. The number of rotatable bonds is 3. The molecule has 0 aromatic carbocycles. The first kappa shape index (κ1) is 19.5. The van der Waals surface area contributed by atoms with Crippen LogP contribution in [0.15, 0.2) is 35.6 Å². The van der Waals surface area contributed by atoms with Crippen LogP contribution in [0.1, 0.15) is 55.0 Å². The van der Waals surface area contributed by atoms with E-state index in [1.54, 1.807) is 10.7 Å². The zero-order valence-electron chi connectivity index (χ0n) is 17.6. The SMILES string of the molecule is CCC1(C)C(C)=Nc2ccc(-c3ccn4nc(N)ncc34)nc21.CNC1CCC1.[HH].[HH]. The van der Waals surface area contributed by atoms with Crippen molar-refractivity contribution in [3.8, 4) is 11.3 Å². The molecule has 29 heavy (non-hydrogen) atoms. The van der Waals surface area contributed by atoms with E-state index in [0.717, 1.165) is 46.3 Å². The summed E-state index contributed by atoms with van der Waals surface area (Å²) in [5.74, 6) is 0.254. The van der Waals surface area contributed by atoms with Gasteiger partial charge in [-0.05, 0) is 58.4 Å². The van der Waals surface area contributed by atoms with Gasteiger partial charge in [-0.3, -0.25) is 4.99 Å². The lowest BCUT2D eigenvalue weighted by atomic mass is 9.81. The Kier molecular flexibility index (Phi) is 5.08. The third-order valence-corrected chi connectivity index (χ3v) is 6.41. The maximum absolute atomic E-state index is 5.64. The van der Waals surface area contributed by atoms with E-state index in [1.165, 1.54) is 19.3 Å². The summed E-state index contributed by atoms with van der Waals surface area (Å²) in [7, 11) is 2.03. The third-order valence-electron chi connectivity index (χ3n) is 6.41. The van der Waals surface area contributed by atoms with E-state index >= 15 is 0 Å². The Morgan fingerprint density at radius 1 is 1.31 bits per heavy atom. The minimum absolute atomic E-state index is 0. The van der Waals surface area contributed by atoms with Gasteiger partial charge in [0.05, 0.1) is 28.8 Å². The standard InChI is InChI=1S/C17H18N6.C5H11N.2H2/c1-4-17(3)10(2)20-13-6-5-12(21-15(13)17)11-7-8-23-14(11)9-19-16(18)22-23;1-6-5-3-2-4-5;;/h5-9H,4H2,1-3H3,(H2,18,22);5-6H,2-4H2,1H3;2*1H. The van der Waals surface area contributed by atoms with Crippen molar-refractivity contribution in [3.63, 3.8) is 0 Å². The molecule has 0 radical (unpaired) electrons. The predicted octanol–water partition coefficient (Wildman–Crippen LogP) is 4.40. The molecular formula is C22H33N7. The van der Waals surface area contributed by atoms with Crippen LogP contribution in [0.2, 0.25) is 0 Å². The summed E-state index contributed by atoms with van der Waals surface area (Å²) in [6.45, 7) is 6.46. The van der Waals surface area contributed by atoms with E-state index in [9.17, 15) is 0 Å². The first-order chi connectivity index (χ1) is 14.0. The van der Waals surface area contributed by atoms with E-state index in [-0.39, 0.29) is 14.2 Å². The molecule has 1 aliphatic carbocycles. The van der Waals surface area contributed by atoms with E-state index < -0.39 is 0 Å². The lowest BCUT2D eigenvalue weighted by molar-refractivity contribution is 0.361. The Morgan fingerprint density at radius 2 is 2.10 bits per heavy atom. The molecule has 7 nitrogen and oxygen atoms in total. The van der Waals surface area contributed by atoms with E-state index in [0.29, 0.717) is 0 Å². The Hall–Kier alpha value is -2.80. The number of hydrogen-bond donors (Lipinski definition) is 2. The van der Waals surface area contributed by atoms with Crippen LogP contribution in [0.3, 0.4) is 0 Å². The monoisotopic (exact) mass is 395 g/mol. The van der Waals surface area contributed by atoms with Crippen molar-refractivity contribution in [1.29, 1.82) is 0 Å². The van der Waals surface area contributed by atoms with Gasteiger partial charge in [-0.15, -0.1) is 5.10 Å². The van der Waals surface area contributed by atoms with Crippen LogP contribution in [-0.2, 0) is 5.41 Å². The van der Waals surface area contributed by atoms with Crippen LogP contribution in [0.4, 0.5) is 11.6 Å². The van der Waals surface area contributed by atoms with E-state index in [2.05, 4.69) is 41.2 Å². The maximum Gasteiger partial charge on any atom is 0.238 e. The largest absolute Gasteiger partial charge is 0.367 e. The second kappa shape index (κ2) is 7.55. The number of anilines is 1. The van der Waals surface area contributed by atoms with Gasteiger partial charge in [0.1, 0.15) is 0 Å². The summed E-state index contributed by atoms with van der Waals surface area (Å²) >= 11 is 0. The minimum atomic E-state index is -0.0954. The van der Waals surface area contributed by atoms with Crippen molar-refractivity contribution in [3.05, 3.63) is 36.3 Å². The number of nitrogens with two attached hydrogens (primary N) is 1. The number of fused-ring (bicyclic) bond motifs is 2. The molecule has 3 N–H and O–H groups in total. The average Bonchev–Trinajstić information content (AvgIpc) is 3.20. The highest BCUT2D eigenvalue weighted by Crippen LogP contribution is 2.42. The van der Waals surface area contributed by atoms with Crippen molar-refractivity contribution in [2.75, 3.05) is 12.8 Å². The number of nitrogen functional groups attached to an aromatic ring is 1. The van der Waals surface area contributed by atoms with E-state index in [1.807, 2.05) is 31.4 Å². The zero-order valence-corrected chi connectivity index (χ0v) is 17.6. The van der Waals surface area contributed by atoms with Crippen molar-refractivity contribution < 1.29 is 2.85 Å². The lowest BCUT2D eigenvalue weighted by Gasteiger charge is -2.23. The van der Waals surface area contributed by atoms with Crippen LogP contribution < -0.4 is 11.1 Å². The number of aliphatic imine (C=N–C) groups is 1. The molecule has 7 heteroatoms. The molecule has 2 aliphatic rings. The summed E-state index contributed by atoms with van der Waals surface area (Å²) in [6, 6.07) is 6.90. The second-order valence-electron chi connectivity index (χ2n) is 8.04. The van der Waals surface area contributed by atoms with Crippen LogP contribution in [-0.4, -0.2) is 38.4 Å². The number of aromatic nitrogens is 4. The minimum Gasteiger partial charge on any atom is -0.367 e. The average molecular weight is 396 g/mol. The van der Waals surface area contributed by atoms with Crippen molar-refractivity contribution in [1.82, 2.24) is 24.9 Å². The summed E-state index contributed by atoms with van der Waals surface area (Å²) < 4.78 is 1.73. The molecule has 1 fully saturated rings.